The summed E-state index contributed by atoms with van der Waals surface area (Å²) in [4.78, 5) is 13.2. The van der Waals surface area contributed by atoms with Crippen molar-refractivity contribution in [2.75, 3.05) is 20.7 Å². The monoisotopic (exact) mass is 280 g/mol. The zero-order valence-corrected chi connectivity index (χ0v) is 11.8. The van der Waals surface area contributed by atoms with Crippen LogP contribution >= 0.6 is 0 Å². The number of carbonyl (C=O) groups excluding carboxylic acids is 1. The van der Waals surface area contributed by atoms with Crippen molar-refractivity contribution in [3.8, 4) is 0 Å². The maximum absolute atomic E-state index is 11.2. The summed E-state index contributed by atoms with van der Waals surface area (Å²) in [6.45, 7) is 1.15. The molecular formula is C13H21BN2O4. The minimum absolute atomic E-state index is 0.426. The van der Waals surface area contributed by atoms with Crippen molar-refractivity contribution < 1.29 is 19.6 Å². The number of esters is 1. The highest BCUT2D eigenvalue weighted by Gasteiger charge is 2.17. The molecule has 0 aliphatic carbocycles. The van der Waals surface area contributed by atoms with Crippen LogP contribution in [-0.2, 0) is 16.1 Å². The number of methoxy groups -OCH3 is 1. The fourth-order valence-electron chi connectivity index (χ4n) is 1.93. The molecule has 0 amide bonds. The van der Waals surface area contributed by atoms with Crippen LogP contribution in [0.5, 0.6) is 0 Å². The Bertz CT molecular complexity index is 442. The molecule has 0 aromatic heterocycles. The van der Waals surface area contributed by atoms with Gasteiger partial charge >= 0.3 is 13.1 Å². The average molecular weight is 280 g/mol. The molecule has 1 rings (SSSR count). The number of rotatable bonds is 7. The third kappa shape index (κ3) is 4.94. The van der Waals surface area contributed by atoms with Gasteiger partial charge in [0.15, 0.2) is 0 Å². The standard InChI is InChI=1S/C13H21BN2O4/c1-16(8-7-12(15)13(17)20-2)9-10-5-3-4-6-11(10)14(18)19/h3-6,12,18-19H,7-9,15H2,1-2H3. The van der Waals surface area contributed by atoms with Gasteiger partial charge in [0, 0.05) is 13.1 Å². The van der Waals surface area contributed by atoms with Crippen LogP contribution in [0, 0.1) is 0 Å². The van der Waals surface area contributed by atoms with Gasteiger partial charge in [-0.25, -0.2) is 0 Å². The van der Waals surface area contributed by atoms with Crippen molar-refractivity contribution in [3.63, 3.8) is 0 Å². The van der Waals surface area contributed by atoms with Crippen LogP contribution in [0.1, 0.15) is 12.0 Å². The molecule has 0 spiro atoms. The van der Waals surface area contributed by atoms with Crippen molar-refractivity contribution in [1.29, 1.82) is 0 Å². The fraction of sp³-hybridized carbons (Fsp3) is 0.462. The smallest absolute Gasteiger partial charge is 0.468 e. The van der Waals surface area contributed by atoms with E-state index in [0.717, 1.165) is 5.56 Å². The van der Waals surface area contributed by atoms with Crippen molar-refractivity contribution in [1.82, 2.24) is 4.90 Å². The van der Waals surface area contributed by atoms with Gasteiger partial charge in [-0.3, -0.25) is 4.79 Å². The van der Waals surface area contributed by atoms with E-state index in [1.807, 2.05) is 24.1 Å². The summed E-state index contributed by atoms with van der Waals surface area (Å²) in [5.74, 6) is -0.426. The van der Waals surface area contributed by atoms with Gasteiger partial charge in [-0.15, -0.1) is 0 Å². The maximum Gasteiger partial charge on any atom is 0.488 e. The van der Waals surface area contributed by atoms with E-state index in [0.29, 0.717) is 25.0 Å². The van der Waals surface area contributed by atoms with E-state index in [-0.39, 0.29) is 0 Å². The molecule has 0 aliphatic rings. The van der Waals surface area contributed by atoms with Gasteiger partial charge in [-0.2, -0.15) is 0 Å². The van der Waals surface area contributed by atoms with E-state index in [1.54, 1.807) is 12.1 Å². The van der Waals surface area contributed by atoms with E-state index in [4.69, 9.17) is 5.73 Å². The van der Waals surface area contributed by atoms with E-state index in [2.05, 4.69) is 4.74 Å². The molecule has 0 saturated heterocycles. The van der Waals surface area contributed by atoms with Gasteiger partial charge in [0.1, 0.15) is 6.04 Å². The molecule has 0 fully saturated rings. The summed E-state index contributed by atoms with van der Waals surface area (Å²) in [5.41, 5.74) is 6.98. The summed E-state index contributed by atoms with van der Waals surface area (Å²) in [7, 11) is 1.70. The SMILES string of the molecule is COC(=O)C(N)CCN(C)Cc1ccccc1B(O)O. The van der Waals surface area contributed by atoms with Gasteiger partial charge in [-0.1, -0.05) is 24.3 Å². The molecule has 20 heavy (non-hydrogen) atoms. The lowest BCUT2D eigenvalue weighted by Crippen LogP contribution is -2.37. The van der Waals surface area contributed by atoms with Gasteiger partial charge in [-0.05, 0) is 24.5 Å². The Hall–Kier alpha value is -1.41. The van der Waals surface area contributed by atoms with Crippen molar-refractivity contribution in [3.05, 3.63) is 29.8 Å². The first-order valence-corrected chi connectivity index (χ1v) is 6.41. The maximum atomic E-state index is 11.2. The van der Waals surface area contributed by atoms with Gasteiger partial charge < -0.3 is 25.4 Å². The first kappa shape index (κ1) is 16.6. The number of nitrogens with zero attached hydrogens (tertiary/aromatic N) is 1. The Balaban J connectivity index is 2.54. The minimum atomic E-state index is -1.49. The lowest BCUT2D eigenvalue weighted by molar-refractivity contribution is -0.142. The second-order valence-electron chi connectivity index (χ2n) is 4.73. The van der Waals surface area contributed by atoms with E-state index < -0.39 is 19.1 Å². The van der Waals surface area contributed by atoms with Crippen LogP contribution in [0.25, 0.3) is 0 Å². The van der Waals surface area contributed by atoms with Crippen LogP contribution < -0.4 is 11.2 Å². The van der Waals surface area contributed by atoms with E-state index >= 15 is 0 Å². The molecular weight excluding hydrogens is 259 g/mol. The van der Waals surface area contributed by atoms with Crippen LogP contribution in [0.4, 0.5) is 0 Å². The predicted octanol–water partition coefficient (Wildman–Crippen LogP) is -1.31. The largest absolute Gasteiger partial charge is 0.488 e. The quantitative estimate of drug-likeness (QED) is 0.424. The summed E-state index contributed by atoms with van der Waals surface area (Å²) >= 11 is 0. The molecule has 6 nitrogen and oxygen atoms in total. The van der Waals surface area contributed by atoms with Crippen LogP contribution in [0.2, 0.25) is 0 Å². The Morgan fingerprint density at radius 3 is 2.70 bits per heavy atom. The molecule has 1 unspecified atom stereocenters. The first-order valence-electron chi connectivity index (χ1n) is 6.41. The summed E-state index contributed by atoms with van der Waals surface area (Å²) < 4.78 is 4.56. The molecule has 1 aromatic carbocycles. The average Bonchev–Trinajstić information content (AvgIpc) is 2.44. The molecule has 0 radical (unpaired) electrons. The Labute approximate surface area is 119 Å². The number of hydrogen-bond acceptors (Lipinski definition) is 6. The highest BCUT2D eigenvalue weighted by molar-refractivity contribution is 6.59. The minimum Gasteiger partial charge on any atom is -0.468 e. The number of carbonyl (C=O) groups is 1. The first-order chi connectivity index (χ1) is 9.45. The topological polar surface area (TPSA) is 96.0 Å². The fourth-order valence-corrected chi connectivity index (χ4v) is 1.93. The van der Waals surface area contributed by atoms with Crippen molar-refractivity contribution >= 4 is 18.6 Å². The van der Waals surface area contributed by atoms with Crippen LogP contribution in [0.3, 0.4) is 0 Å². The summed E-state index contributed by atoms with van der Waals surface area (Å²) in [6.07, 6.45) is 0.479. The van der Waals surface area contributed by atoms with Crippen LogP contribution in [-0.4, -0.2) is 54.8 Å². The second-order valence-corrected chi connectivity index (χ2v) is 4.73. The highest BCUT2D eigenvalue weighted by atomic mass is 16.5. The Morgan fingerprint density at radius 2 is 2.10 bits per heavy atom. The molecule has 0 saturated carbocycles. The third-order valence-corrected chi connectivity index (χ3v) is 3.10. The van der Waals surface area contributed by atoms with E-state index in [1.165, 1.54) is 7.11 Å². The predicted molar refractivity (Wildman–Crippen MR) is 77.2 cm³/mol. The molecule has 0 heterocycles. The normalized spacial score (nSPS) is 12.3. The zero-order chi connectivity index (χ0) is 15.1. The lowest BCUT2D eigenvalue weighted by atomic mass is 9.77. The molecule has 0 aliphatic heterocycles. The molecule has 1 atom stereocenters. The molecule has 1 aromatic rings. The summed E-state index contributed by atoms with van der Waals surface area (Å²) in [5, 5.41) is 18.6. The van der Waals surface area contributed by atoms with Crippen molar-refractivity contribution in [2.24, 2.45) is 5.73 Å². The van der Waals surface area contributed by atoms with Crippen LogP contribution in [0.15, 0.2) is 24.3 Å². The number of ether oxygens (including phenoxy) is 1. The van der Waals surface area contributed by atoms with Gasteiger partial charge in [0.05, 0.1) is 7.11 Å². The summed E-state index contributed by atoms with van der Waals surface area (Å²) in [6, 6.07) is 6.47. The zero-order valence-electron chi connectivity index (χ0n) is 11.8. The number of benzene rings is 1. The highest BCUT2D eigenvalue weighted by Crippen LogP contribution is 2.03. The van der Waals surface area contributed by atoms with E-state index in [9.17, 15) is 14.8 Å². The molecule has 110 valence electrons. The Morgan fingerprint density at radius 1 is 1.45 bits per heavy atom. The van der Waals surface area contributed by atoms with Crippen molar-refractivity contribution in [2.45, 2.75) is 19.0 Å². The second kappa shape index (κ2) is 8.01. The number of hydrogen-bond donors (Lipinski definition) is 3. The molecule has 7 heteroatoms. The van der Waals surface area contributed by atoms with Gasteiger partial charge in [0.25, 0.3) is 0 Å². The molecule has 0 bridgehead atoms. The third-order valence-electron chi connectivity index (χ3n) is 3.10. The lowest BCUT2D eigenvalue weighted by Gasteiger charge is -2.20. The van der Waals surface area contributed by atoms with Gasteiger partial charge in [0.2, 0.25) is 0 Å². The Kier molecular flexibility index (Phi) is 6.67. The molecule has 4 N–H and O–H groups in total. The number of nitrogens with two attached hydrogens (primary N) is 1.